The second-order valence-corrected chi connectivity index (χ2v) is 6.56. The minimum absolute atomic E-state index is 0.162. The summed E-state index contributed by atoms with van der Waals surface area (Å²) >= 11 is 0. The number of nitrogens with one attached hydrogen (secondary N) is 1. The van der Waals surface area contributed by atoms with Crippen LogP contribution in [0.3, 0.4) is 0 Å². The number of carbonyl (C=O) groups is 1. The van der Waals surface area contributed by atoms with E-state index in [0.717, 1.165) is 25.4 Å². The average molecular weight is 350 g/mol. The number of carbonyl (C=O) groups excluding carboxylic acids is 1. The fourth-order valence-corrected chi connectivity index (χ4v) is 3.30. The third-order valence-corrected chi connectivity index (χ3v) is 4.63. The van der Waals surface area contributed by atoms with Gasteiger partial charge in [0.05, 0.1) is 26.9 Å². The third-order valence-electron chi connectivity index (χ3n) is 4.63. The third kappa shape index (κ3) is 5.26. The molecule has 1 saturated heterocycles. The van der Waals surface area contributed by atoms with Crippen LogP contribution in [0.5, 0.6) is 17.2 Å². The van der Waals surface area contributed by atoms with Gasteiger partial charge < -0.3 is 24.4 Å². The lowest BCUT2D eigenvalue weighted by atomic mass is 10.0. The van der Waals surface area contributed by atoms with Gasteiger partial charge in [-0.1, -0.05) is 6.92 Å². The molecule has 1 amide bonds. The molecule has 2 rings (SSSR count). The van der Waals surface area contributed by atoms with Gasteiger partial charge in [0.15, 0.2) is 11.5 Å². The number of ether oxygens (including phenoxy) is 3. The second-order valence-electron chi connectivity index (χ2n) is 6.56. The van der Waals surface area contributed by atoms with Crippen molar-refractivity contribution in [3.05, 3.63) is 17.7 Å². The minimum atomic E-state index is -0.162. The summed E-state index contributed by atoms with van der Waals surface area (Å²) in [6, 6.07) is 3.32. The van der Waals surface area contributed by atoms with Gasteiger partial charge >= 0.3 is 0 Å². The molecule has 6 heteroatoms. The zero-order valence-electron chi connectivity index (χ0n) is 15.8. The SMILES string of the molecule is COc1cc(OC)c(C(=O)NCCCN2CCCC(C)C2)cc1OC. The van der Waals surface area contributed by atoms with E-state index < -0.39 is 0 Å². The van der Waals surface area contributed by atoms with Crippen LogP contribution in [0, 0.1) is 5.92 Å². The van der Waals surface area contributed by atoms with Gasteiger partial charge in [0.25, 0.3) is 5.91 Å². The number of rotatable bonds is 8. The maximum Gasteiger partial charge on any atom is 0.255 e. The molecule has 0 bridgehead atoms. The van der Waals surface area contributed by atoms with Crippen molar-refractivity contribution in [3.8, 4) is 17.2 Å². The lowest BCUT2D eigenvalue weighted by molar-refractivity contribution is 0.0946. The summed E-state index contributed by atoms with van der Waals surface area (Å²) in [6.07, 6.45) is 3.54. The van der Waals surface area contributed by atoms with Gasteiger partial charge in [0.2, 0.25) is 0 Å². The molecule has 1 aromatic carbocycles. The predicted molar refractivity (Wildman–Crippen MR) is 97.9 cm³/mol. The van der Waals surface area contributed by atoms with Gasteiger partial charge in [-0.05, 0) is 38.3 Å². The van der Waals surface area contributed by atoms with Crippen LogP contribution in [-0.4, -0.2) is 58.3 Å². The molecule has 1 aromatic rings. The van der Waals surface area contributed by atoms with Crippen molar-refractivity contribution < 1.29 is 19.0 Å². The molecule has 0 radical (unpaired) electrons. The Bertz CT molecular complexity index is 577. The van der Waals surface area contributed by atoms with E-state index in [1.165, 1.54) is 26.5 Å². The van der Waals surface area contributed by atoms with Crippen molar-refractivity contribution in [1.82, 2.24) is 10.2 Å². The van der Waals surface area contributed by atoms with Crippen LogP contribution in [0.2, 0.25) is 0 Å². The zero-order valence-corrected chi connectivity index (χ0v) is 15.8. The fraction of sp³-hybridized carbons (Fsp3) is 0.632. The molecule has 0 saturated carbocycles. The Morgan fingerprint density at radius 1 is 1.16 bits per heavy atom. The summed E-state index contributed by atoms with van der Waals surface area (Å²) in [5.41, 5.74) is 0.451. The zero-order chi connectivity index (χ0) is 18.2. The Hall–Kier alpha value is -1.95. The number of hydrogen-bond acceptors (Lipinski definition) is 5. The summed E-state index contributed by atoms with van der Waals surface area (Å²) < 4.78 is 15.8. The molecule has 0 aliphatic carbocycles. The predicted octanol–water partition coefficient (Wildman–Crippen LogP) is 2.56. The highest BCUT2D eigenvalue weighted by molar-refractivity contribution is 5.97. The van der Waals surface area contributed by atoms with Crippen molar-refractivity contribution in [2.75, 3.05) is 47.5 Å². The normalized spacial score (nSPS) is 17.8. The van der Waals surface area contributed by atoms with Gasteiger partial charge in [0, 0.05) is 25.2 Å². The Labute approximate surface area is 150 Å². The number of benzene rings is 1. The van der Waals surface area contributed by atoms with Gasteiger partial charge in [-0.15, -0.1) is 0 Å². The van der Waals surface area contributed by atoms with Crippen molar-refractivity contribution in [3.63, 3.8) is 0 Å². The van der Waals surface area contributed by atoms with E-state index >= 15 is 0 Å². The van der Waals surface area contributed by atoms with Crippen LogP contribution in [0.1, 0.15) is 36.5 Å². The number of likely N-dealkylation sites (tertiary alicyclic amines) is 1. The molecule has 1 aliphatic rings. The first-order chi connectivity index (χ1) is 12.1. The van der Waals surface area contributed by atoms with Crippen LogP contribution < -0.4 is 19.5 Å². The summed E-state index contributed by atoms with van der Waals surface area (Å²) in [6.45, 7) is 6.30. The van der Waals surface area contributed by atoms with E-state index in [2.05, 4.69) is 17.1 Å². The topological polar surface area (TPSA) is 60.0 Å². The standard InChI is InChI=1S/C19H30N2O4/c1-14-7-5-9-21(13-14)10-6-8-20-19(22)15-11-17(24-3)18(25-4)12-16(15)23-2/h11-12,14H,5-10,13H2,1-4H3,(H,20,22). The van der Waals surface area contributed by atoms with E-state index in [-0.39, 0.29) is 5.91 Å². The number of piperidine rings is 1. The van der Waals surface area contributed by atoms with Gasteiger partial charge in [-0.25, -0.2) is 0 Å². The average Bonchev–Trinajstić information content (AvgIpc) is 2.63. The Morgan fingerprint density at radius 3 is 2.48 bits per heavy atom. The molecule has 1 fully saturated rings. The fourth-order valence-electron chi connectivity index (χ4n) is 3.30. The maximum atomic E-state index is 12.5. The Balaban J connectivity index is 1.89. The molecule has 1 unspecified atom stereocenters. The highest BCUT2D eigenvalue weighted by atomic mass is 16.5. The molecule has 140 valence electrons. The monoisotopic (exact) mass is 350 g/mol. The molecule has 0 aromatic heterocycles. The number of methoxy groups -OCH3 is 3. The van der Waals surface area contributed by atoms with E-state index in [0.29, 0.717) is 29.4 Å². The molecule has 0 spiro atoms. The summed E-state index contributed by atoms with van der Waals surface area (Å²) in [5, 5.41) is 2.97. The molecular weight excluding hydrogens is 320 g/mol. The van der Waals surface area contributed by atoms with Gasteiger partial charge in [-0.3, -0.25) is 4.79 Å². The molecule has 1 aliphatic heterocycles. The highest BCUT2D eigenvalue weighted by Crippen LogP contribution is 2.34. The lowest BCUT2D eigenvalue weighted by Crippen LogP contribution is -2.36. The quantitative estimate of drug-likeness (QED) is 0.730. The van der Waals surface area contributed by atoms with E-state index in [9.17, 15) is 4.79 Å². The van der Waals surface area contributed by atoms with E-state index in [1.54, 1.807) is 26.4 Å². The number of nitrogens with zero attached hydrogens (tertiary/aromatic N) is 1. The largest absolute Gasteiger partial charge is 0.496 e. The van der Waals surface area contributed by atoms with Crippen LogP contribution in [0.15, 0.2) is 12.1 Å². The second kappa shape index (κ2) is 9.51. The van der Waals surface area contributed by atoms with Crippen LogP contribution >= 0.6 is 0 Å². The number of hydrogen-bond donors (Lipinski definition) is 1. The first-order valence-corrected chi connectivity index (χ1v) is 8.89. The molecule has 25 heavy (non-hydrogen) atoms. The molecule has 1 heterocycles. The smallest absolute Gasteiger partial charge is 0.255 e. The highest BCUT2D eigenvalue weighted by Gasteiger charge is 2.18. The molecule has 6 nitrogen and oxygen atoms in total. The molecular formula is C19H30N2O4. The Kier molecular flexibility index (Phi) is 7.37. The van der Waals surface area contributed by atoms with Crippen molar-refractivity contribution in [2.45, 2.75) is 26.2 Å². The van der Waals surface area contributed by atoms with Crippen molar-refractivity contribution in [1.29, 1.82) is 0 Å². The first-order valence-electron chi connectivity index (χ1n) is 8.89. The van der Waals surface area contributed by atoms with Crippen LogP contribution in [0.4, 0.5) is 0 Å². The van der Waals surface area contributed by atoms with E-state index in [4.69, 9.17) is 14.2 Å². The lowest BCUT2D eigenvalue weighted by Gasteiger charge is -2.30. The van der Waals surface area contributed by atoms with Crippen molar-refractivity contribution in [2.24, 2.45) is 5.92 Å². The van der Waals surface area contributed by atoms with Gasteiger partial charge in [0.1, 0.15) is 5.75 Å². The van der Waals surface area contributed by atoms with Crippen LogP contribution in [0.25, 0.3) is 0 Å². The Morgan fingerprint density at radius 2 is 1.84 bits per heavy atom. The molecule has 1 atom stereocenters. The van der Waals surface area contributed by atoms with Gasteiger partial charge in [-0.2, -0.15) is 0 Å². The maximum absolute atomic E-state index is 12.5. The summed E-state index contributed by atoms with van der Waals surface area (Å²) in [7, 11) is 4.64. The summed E-state index contributed by atoms with van der Waals surface area (Å²) in [5.74, 6) is 2.13. The van der Waals surface area contributed by atoms with E-state index in [1.807, 2.05) is 0 Å². The van der Waals surface area contributed by atoms with Crippen LogP contribution in [-0.2, 0) is 0 Å². The summed E-state index contributed by atoms with van der Waals surface area (Å²) in [4.78, 5) is 15.0. The first kappa shape index (κ1) is 19.4. The molecule has 1 N–H and O–H groups in total. The van der Waals surface area contributed by atoms with Crippen molar-refractivity contribution >= 4 is 5.91 Å². The number of amides is 1. The minimum Gasteiger partial charge on any atom is -0.496 e.